The highest BCUT2D eigenvalue weighted by atomic mass is 16.2. The van der Waals surface area contributed by atoms with Crippen LogP contribution in [0.25, 0.3) is 0 Å². The van der Waals surface area contributed by atoms with E-state index in [0.29, 0.717) is 43.4 Å². The average molecular weight is 385 g/mol. The third kappa shape index (κ3) is 4.30. The molecule has 1 aliphatic rings. The van der Waals surface area contributed by atoms with Crippen LogP contribution < -0.4 is 10.2 Å². The first-order chi connectivity index (χ1) is 14.2. The standard InChI is InChI=1S/C21H19N7O/c22-15-16-3-1-4-17(13-16)26-18-5-8-23-19(14-18)20(29)27-9-11-28(12-10-27)21-24-6-2-7-25-21/h1-8,13-14H,9-12H2,(H,23,26). The summed E-state index contributed by atoms with van der Waals surface area (Å²) in [5, 5.41) is 12.3. The molecule has 3 aromatic rings. The molecule has 0 atom stereocenters. The van der Waals surface area contributed by atoms with E-state index < -0.39 is 0 Å². The first kappa shape index (κ1) is 18.4. The van der Waals surface area contributed by atoms with Crippen molar-refractivity contribution in [1.29, 1.82) is 5.26 Å². The Morgan fingerprint density at radius 1 is 0.931 bits per heavy atom. The smallest absolute Gasteiger partial charge is 0.272 e. The maximum atomic E-state index is 12.9. The number of carbonyl (C=O) groups excluding carboxylic acids is 1. The number of aromatic nitrogens is 3. The van der Waals surface area contributed by atoms with E-state index in [9.17, 15) is 4.79 Å². The zero-order valence-electron chi connectivity index (χ0n) is 15.7. The number of nitriles is 1. The monoisotopic (exact) mass is 385 g/mol. The highest BCUT2D eigenvalue weighted by molar-refractivity contribution is 5.93. The Morgan fingerprint density at radius 3 is 2.45 bits per heavy atom. The lowest BCUT2D eigenvalue weighted by atomic mass is 10.2. The minimum atomic E-state index is -0.104. The van der Waals surface area contributed by atoms with Gasteiger partial charge in [0.05, 0.1) is 11.6 Å². The second-order valence-corrected chi connectivity index (χ2v) is 6.58. The highest BCUT2D eigenvalue weighted by Gasteiger charge is 2.24. The van der Waals surface area contributed by atoms with Crippen molar-refractivity contribution in [3.8, 4) is 6.07 Å². The van der Waals surface area contributed by atoms with E-state index in [4.69, 9.17) is 5.26 Å². The molecule has 0 saturated carbocycles. The second-order valence-electron chi connectivity index (χ2n) is 6.58. The van der Waals surface area contributed by atoms with Crippen molar-refractivity contribution in [2.75, 3.05) is 36.4 Å². The molecule has 0 bridgehead atoms. The molecular weight excluding hydrogens is 366 g/mol. The van der Waals surface area contributed by atoms with Crippen molar-refractivity contribution in [1.82, 2.24) is 19.9 Å². The number of hydrogen-bond acceptors (Lipinski definition) is 7. The van der Waals surface area contributed by atoms with Gasteiger partial charge in [-0.15, -0.1) is 0 Å². The zero-order chi connectivity index (χ0) is 20.1. The predicted molar refractivity (Wildman–Crippen MR) is 109 cm³/mol. The lowest BCUT2D eigenvalue weighted by Crippen LogP contribution is -2.49. The fourth-order valence-electron chi connectivity index (χ4n) is 3.18. The van der Waals surface area contributed by atoms with Gasteiger partial charge in [-0.3, -0.25) is 9.78 Å². The second kappa shape index (κ2) is 8.35. The molecule has 0 spiro atoms. The lowest BCUT2D eigenvalue weighted by molar-refractivity contribution is 0.0740. The average Bonchev–Trinajstić information content (AvgIpc) is 2.79. The van der Waals surface area contributed by atoms with Gasteiger partial charge in [-0.25, -0.2) is 9.97 Å². The Morgan fingerprint density at radius 2 is 1.69 bits per heavy atom. The van der Waals surface area contributed by atoms with Gasteiger partial charge < -0.3 is 15.1 Å². The van der Waals surface area contributed by atoms with Crippen LogP contribution in [-0.4, -0.2) is 51.9 Å². The summed E-state index contributed by atoms with van der Waals surface area (Å²) in [6.07, 6.45) is 5.04. The molecule has 29 heavy (non-hydrogen) atoms. The molecule has 1 aliphatic heterocycles. The first-order valence-corrected chi connectivity index (χ1v) is 9.27. The van der Waals surface area contributed by atoms with Gasteiger partial charge in [0.2, 0.25) is 5.95 Å². The van der Waals surface area contributed by atoms with E-state index in [2.05, 4.69) is 31.2 Å². The summed E-state index contributed by atoms with van der Waals surface area (Å²) < 4.78 is 0. The lowest BCUT2D eigenvalue weighted by Gasteiger charge is -2.34. The zero-order valence-corrected chi connectivity index (χ0v) is 15.7. The van der Waals surface area contributed by atoms with Crippen molar-refractivity contribution in [3.63, 3.8) is 0 Å². The Balaban J connectivity index is 1.42. The van der Waals surface area contributed by atoms with Crippen LogP contribution in [0.4, 0.5) is 17.3 Å². The van der Waals surface area contributed by atoms with Crippen LogP contribution in [0.3, 0.4) is 0 Å². The summed E-state index contributed by atoms with van der Waals surface area (Å²) in [4.78, 5) is 29.5. The van der Waals surface area contributed by atoms with Crippen LogP contribution in [0.2, 0.25) is 0 Å². The van der Waals surface area contributed by atoms with Crippen LogP contribution in [0.15, 0.2) is 61.1 Å². The van der Waals surface area contributed by atoms with E-state index in [1.165, 1.54) is 0 Å². The van der Waals surface area contributed by atoms with Gasteiger partial charge in [-0.2, -0.15) is 5.26 Å². The third-order valence-electron chi connectivity index (χ3n) is 4.66. The predicted octanol–water partition coefficient (Wildman–Crippen LogP) is 2.45. The Labute approximate surface area is 168 Å². The van der Waals surface area contributed by atoms with E-state index in [1.807, 2.05) is 12.1 Å². The van der Waals surface area contributed by atoms with Crippen molar-refractivity contribution >= 4 is 23.2 Å². The van der Waals surface area contributed by atoms with E-state index in [0.717, 1.165) is 11.4 Å². The molecule has 3 heterocycles. The summed E-state index contributed by atoms with van der Waals surface area (Å²) >= 11 is 0. The number of pyridine rings is 1. The molecule has 0 radical (unpaired) electrons. The molecule has 1 aromatic carbocycles. The van der Waals surface area contributed by atoms with Crippen molar-refractivity contribution < 1.29 is 4.79 Å². The molecular formula is C21H19N7O. The Kier molecular flexibility index (Phi) is 5.29. The van der Waals surface area contributed by atoms with Gasteiger partial charge >= 0.3 is 0 Å². The van der Waals surface area contributed by atoms with E-state index >= 15 is 0 Å². The van der Waals surface area contributed by atoms with Crippen LogP contribution >= 0.6 is 0 Å². The van der Waals surface area contributed by atoms with E-state index in [-0.39, 0.29) is 5.91 Å². The third-order valence-corrected chi connectivity index (χ3v) is 4.66. The van der Waals surface area contributed by atoms with Crippen molar-refractivity contribution in [2.45, 2.75) is 0 Å². The van der Waals surface area contributed by atoms with Crippen LogP contribution in [-0.2, 0) is 0 Å². The van der Waals surface area contributed by atoms with Gasteiger partial charge in [0.1, 0.15) is 5.69 Å². The molecule has 1 saturated heterocycles. The summed E-state index contributed by atoms with van der Waals surface area (Å²) in [5.74, 6) is 0.580. The van der Waals surface area contributed by atoms with Gasteiger partial charge in [-0.1, -0.05) is 6.07 Å². The molecule has 2 aromatic heterocycles. The molecule has 1 fully saturated rings. The number of benzene rings is 1. The minimum Gasteiger partial charge on any atom is -0.355 e. The minimum absolute atomic E-state index is 0.104. The normalized spacial score (nSPS) is 13.6. The number of hydrogen-bond donors (Lipinski definition) is 1. The number of nitrogens with zero attached hydrogens (tertiary/aromatic N) is 6. The molecule has 1 N–H and O–H groups in total. The van der Waals surface area contributed by atoms with Crippen molar-refractivity contribution in [2.24, 2.45) is 0 Å². The summed E-state index contributed by atoms with van der Waals surface area (Å²) in [6, 6.07) is 14.6. The summed E-state index contributed by atoms with van der Waals surface area (Å²) in [7, 11) is 0. The molecule has 8 nitrogen and oxygen atoms in total. The molecule has 8 heteroatoms. The van der Waals surface area contributed by atoms with Gasteiger partial charge in [0.25, 0.3) is 5.91 Å². The SMILES string of the molecule is N#Cc1cccc(Nc2ccnc(C(=O)N3CCN(c4ncccn4)CC3)c2)c1. The fourth-order valence-corrected chi connectivity index (χ4v) is 3.18. The maximum Gasteiger partial charge on any atom is 0.272 e. The number of nitrogens with one attached hydrogen (secondary N) is 1. The Hall–Kier alpha value is -3.99. The van der Waals surface area contributed by atoms with Gasteiger partial charge in [0.15, 0.2) is 0 Å². The number of rotatable bonds is 4. The van der Waals surface area contributed by atoms with Crippen LogP contribution in [0.1, 0.15) is 16.1 Å². The van der Waals surface area contributed by atoms with Gasteiger partial charge in [0, 0.05) is 56.1 Å². The largest absolute Gasteiger partial charge is 0.355 e. The number of anilines is 3. The van der Waals surface area contributed by atoms with Gasteiger partial charge in [-0.05, 0) is 36.4 Å². The summed E-state index contributed by atoms with van der Waals surface area (Å²) in [5.41, 5.74) is 2.48. The quantitative estimate of drug-likeness (QED) is 0.736. The maximum absolute atomic E-state index is 12.9. The molecule has 0 unspecified atom stereocenters. The van der Waals surface area contributed by atoms with Crippen LogP contribution in [0.5, 0.6) is 0 Å². The fraction of sp³-hybridized carbons (Fsp3) is 0.190. The highest BCUT2D eigenvalue weighted by Crippen LogP contribution is 2.19. The Bertz CT molecular complexity index is 1040. The number of amides is 1. The van der Waals surface area contributed by atoms with Crippen molar-refractivity contribution in [3.05, 3.63) is 72.3 Å². The molecule has 1 amide bonds. The molecule has 144 valence electrons. The molecule has 0 aliphatic carbocycles. The first-order valence-electron chi connectivity index (χ1n) is 9.27. The van der Waals surface area contributed by atoms with Crippen LogP contribution in [0, 0.1) is 11.3 Å². The van der Waals surface area contributed by atoms with E-state index in [1.54, 1.807) is 53.8 Å². The number of piperazine rings is 1. The molecule has 4 rings (SSSR count). The number of carbonyl (C=O) groups is 1. The summed E-state index contributed by atoms with van der Waals surface area (Å²) in [6.45, 7) is 2.52. The topological polar surface area (TPSA) is 98.0 Å².